The summed E-state index contributed by atoms with van der Waals surface area (Å²) in [4.78, 5) is 2.10. The van der Waals surface area contributed by atoms with Crippen molar-refractivity contribution < 1.29 is 17.9 Å². The fraction of sp³-hybridized carbons (Fsp3) is 0.500. The van der Waals surface area contributed by atoms with Crippen molar-refractivity contribution in [2.75, 3.05) is 38.3 Å². The normalized spacial score (nSPS) is 17.7. The van der Waals surface area contributed by atoms with Gasteiger partial charge in [0, 0.05) is 18.8 Å². The molecule has 1 heterocycles. The second-order valence-corrected chi connectivity index (χ2v) is 4.14. The summed E-state index contributed by atoms with van der Waals surface area (Å²) in [5.41, 5.74) is -0.147. The maximum atomic E-state index is 12.5. The molecule has 0 aliphatic carbocycles. The highest BCUT2D eigenvalue weighted by molar-refractivity contribution is 5.46. The third kappa shape index (κ3) is 3.61. The van der Waals surface area contributed by atoms with Crippen LogP contribution in [-0.4, -0.2) is 37.9 Å². The Bertz CT molecular complexity index is 389. The predicted octanol–water partition coefficient (Wildman–Crippen LogP) is 2.41. The lowest BCUT2D eigenvalue weighted by Crippen LogP contribution is -2.39. The van der Waals surface area contributed by atoms with Crippen molar-refractivity contribution in [2.24, 2.45) is 0 Å². The van der Waals surface area contributed by atoms with Gasteiger partial charge < -0.3 is 10.1 Å². The van der Waals surface area contributed by atoms with Gasteiger partial charge in [0.05, 0.1) is 25.4 Å². The van der Waals surface area contributed by atoms with Crippen molar-refractivity contribution in [3.63, 3.8) is 0 Å². The third-order valence-corrected chi connectivity index (χ3v) is 2.80. The van der Waals surface area contributed by atoms with Crippen molar-refractivity contribution in [1.82, 2.24) is 4.90 Å². The maximum Gasteiger partial charge on any atom is 0.416 e. The number of benzene rings is 1. The first-order chi connectivity index (χ1) is 8.55. The fourth-order valence-electron chi connectivity index (χ4n) is 1.77. The Morgan fingerprint density at radius 3 is 2.61 bits per heavy atom. The minimum atomic E-state index is -4.29. The number of ether oxygens (including phenoxy) is 1. The van der Waals surface area contributed by atoms with E-state index in [-0.39, 0.29) is 0 Å². The molecule has 1 aromatic carbocycles. The molecule has 0 aromatic heterocycles. The SMILES string of the molecule is FC(F)(F)c1cccc(NCN2CCOCC2)c1. The molecule has 1 aromatic rings. The zero-order valence-electron chi connectivity index (χ0n) is 9.83. The highest BCUT2D eigenvalue weighted by Crippen LogP contribution is 2.30. The third-order valence-electron chi connectivity index (χ3n) is 2.80. The minimum Gasteiger partial charge on any atom is -0.379 e. The van der Waals surface area contributed by atoms with Crippen LogP contribution in [0.2, 0.25) is 0 Å². The highest BCUT2D eigenvalue weighted by Gasteiger charge is 2.30. The topological polar surface area (TPSA) is 24.5 Å². The molecule has 0 bridgehead atoms. The Labute approximate surface area is 104 Å². The van der Waals surface area contributed by atoms with E-state index in [1.54, 1.807) is 6.07 Å². The lowest BCUT2D eigenvalue weighted by molar-refractivity contribution is -0.137. The van der Waals surface area contributed by atoms with Crippen LogP contribution < -0.4 is 5.32 Å². The molecule has 0 spiro atoms. The van der Waals surface area contributed by atoms with Gasteiger partial charge in [-0.05, 0) is 18.2 Å². The molecule has 1 aliphatic rings. The first kappa shape index (κ1) is 13.2. The monoisotopic (exact) mass is 260 g/mol. The van der Waals surface area contributed by atoms with Crippen LogP contribution in [0.5, 0.6) is 0 Å². The van der Waals surface area contributed by atoms with Gasteiger partial charge in [0.2, 0.25) is 0 Å². The molecule has 1 saturated heterocycles. The van der Waals surface area contributed by atoms with Crippen LogP contribution in [0.15, 0.2) is 24.3 Å². The Hall–Kier alpha value is -1.27. The Morgan fingerprint density at radius 1 is 1.22 bits per heavy atom. The Balaban J connectivity index is 1.92. The van der Waals surface area contributed by atoms with E-state index in [1.165, 1.54) is 6.07 Å². The number of nitrogens with zero attached hydrogens (tertiary/aromatic N) is 1. The molecule has 100 valence electrons. The smallest absolute Gasteiger partial charge is 0.379 e. The average Bonchev–Trinajstić information content (AvgIpc) is 2.37. The van der Waals surface area contributed by atoms with Crippen LogP contribution in [0.25, 0.3) is 0 Å². The van der Waals surface area contributed by atoms with Crippen LogP contribution in [-0.2, 0) is 10.9 Å². The number of nitrogens with one attached hydrogen (secondary N) is 1. The number of morpholine rings is 1. The molecule has 0 atom stereocenters. The van der Waals surface area contributed by atoms with Crippen molar-refractivity contribution in [3.05, 3.63) is 29.8 Å². The van der Waals surface area contributed by atoms with Gasteiger partial charge in [-0.15, -0.1) is 0 Å². The van der Waals surface area contributed by atoms with Crippen LogP contribution in [0.1, 0.15) is 5.56 Å². The molecular weight excluding hydrogens is 245 g/mol. The number of hydrogen-bond donors (Lipinski definition) is 1. The second kappa shape index (κ2) is 5.58. The zero-order valence-corrected chi connectivity index (χ0v) is 9.83. The zero-order chi connectivity index (χ0) is 13.0. The predicted molar refractivity (Wildman–Crippen MR) is 62.3 cm³/mol. The number of alkyl halides is 3. The fourth-order valence-corrected chi connectivity index (χ4v) is 1.77. The quantitative estimate of drug-likeness (QED) is 0.903. The summed E-state index contributed by atoms with van der Waals surface area (Å²) in [5.74, 6) is 0. The van der Waals surface area contributed by atoms with E-state index >= 15 is 0 Å². The van der Waals surface area contributed by atoms with Gasteiger partial charge in [0.1, 0.15) is 0 Å². The van der Waals surface area contributed by atoms with Crippen LogP contribution in [0.3, 0.4) is 0 Å². The van der Waals surface area contributed by atoms with Crippen molar-refractivity contribution in [2.45, 2.75) is 6.18 Å². The van der Waals surface area contributed by atoms with Gasteiger partial charge in [-0.25, -0.2) is 0 Å². The summed E-state index contributed by atoms with van der Waals surface area (Å²) in [5, 5.41) is 3.00. The van der Waals surface area contributed by atoms with Crippen LogP contribution in [0.4, 0.5) is 18.9 Å². The second-order valence-electron chi connectivity index (χ2n) is 4.14. The molecule has 2 rings (SSSR count). The first-order valence-corrected chi connectivity index (χ1v) is 5.77. The number of halogens is 3. The molecule has 0 saturated carbocycles. The molecule has 0 amide bonds. The van der Waals surface area contributed by atoms with Crippen molar-refractivity contribution in [3.8, 4) is 0 Å². The standard InChI is InChI=1S/C12H15F3N2O/c13-12(14,15)10-2-1-3-11(8-10)16-9-17-4-6-18-7-5-17/h1-3,8,16H,4-7,9H2. The average molecular weight is 260 g/mol. The summed E-state index contributed by atoms with van der Waals surface area (Å²) in [6.07, 6.45) is -4.29. The molecule has 0 unspecified atom stereocenters. The van der Waals surface area contributed by atoms with Gasteiger partial charge in [-0.2, -0.15) is 13.2 Å². The van der Waals surface area contributed by atoms with Gasteiger partial charge in [-0.1, -0.05) is 6.07 Å². The largest absolute Gasteiger partial charge is 0.416 e. The molecular formula is C12H15F3N2O. The van der Waals surface area contributed by atoms with E-state index in [2.05, 4.69) is 10.2 Å². The summed E-state index contributed by atoms with van der Waals surface area (Å²) in [7, 11) is 0. The molecule has 0 radical (unpaired) electrons. The van der Waals surface area contributed by atoms with Crippen LogP contribution in [0, 0.1) is 0 Å². The number of anilines is 1. The lowest BCUT2D eigenvalue weighted by atomic mass is 10.2. The molecule has 1 aliphatic heterocycles. The minimum absolute atomic E-state index is 0.483. The van der Waals surface area contributed by atoms with Crippen molar-refractivity contribution >= 4 is 5.69 Å². The summed E-state index contributed by atoms with van der Waals surface area (Å²) < 4.78 is 42.7. The first-order valence-electron chi connectivity index (χ1n) is 5.77. The molecule has 1 N–H and O–H groups in total. The Morgan fingerprint density at radius 2 is 1.94 bits per heavy atom. The van der Waals surface area contributed by atoms with E-state index < -0.39 is 11.7 Å². The molecule has 3 nitrogen and oxygen atoms in total. The number of hydrogen-bond acceptors (Lipinski definition) is 3. The van der Waals surface area contributed by atoms with Gasteiger partial charge in [0.15, 0.2) is 0 Å². The molecule has 18 heavy (non-hydrogen) atoms. The summed E-state index contributed by atoms with van der Waals surface area (Å²) in [6.45, 7) is 3.47. The van der Waals surface area contributed by atoms with E-state index in [0.29, 0.717) is 25.6 Å². The van der Waals surface area contributed by atoms with Gasteiger partial charge >= 0.3 is 6.18 Å². The van der Waals surface area contributed by atoms with E-state index in [0.717, 1.165) is 25.2 Å². The highest BCUT2D eigenvalue weighted by atomic mass is 19.4. The van der Waals surface area contributed by atoms with Crippen LogP contribution >= 0.6 is 0 Å². The van der Waals surface area contributed by atoms with E-state index in [9.17, 15) is 13.2 Å². The van der Waals surface area contributed by atoms with E-state index in [1.807, 2.05) is 0 Å². The Kier molecular flexibility index (Phi) is 4.08. The van der Waals surface area contributed by atoms with E-state index in [4.69, 9.17) is 4.74 Å². The summed E-state index contributed by atoms with van der Waals surface area (Å²) >= 11 is 0. The van der Waals surface area contributed by atoms with Crippen molar-refractivity contribution in [1.29, 1.82) is 0 Å². The lowest BCUT2D eigenvalue weighted by Gasteiger charge is -2.27. The summed E-state index contributed by atoms with van der Waals surface area (Å²) in [6, 6.07) is 5.24. The van der Waals surface area contributed by atoms with Gasteiger partial charge in [-0.3, -0.25) is 4.90 Å². The van der Waals surface area contributed by atoms with Gasteiger partial charge in [0.25, 0.3) is 0 Å². The molecule has 6 heteroatoms. The molecule has 1 fully saturated rings. The maximum absolute atomic E-state index is 12.5. The number of rotatable bonds is 3.